The van der Waals surface area contributed by atoms with Crippen LogP contribution in [-0.2, 0) is 16.0 Å². The molecule has 0 aliphatic rings. The maximum Gasteiger partial charge on any atom is 0.340 e. The largest absolute Gasteiger partial charge is 0.481 e. The van der Waals surface area contributed by atoms with Crippen LogP contribution in [0.1, 0.15) is 29.3 Å². The highest BCUT2D eigenvalue weighted by atomic mass is 16.5. The summed E-state index contributed by atoms with van der Waals surface area (Å²) in [4.78, 5) is 22.0. The van der Waals surface area contributed by atoms with Crippen LogP contribution in [0, 0.1) is 0 Å². The van der Waals surface area contributed by atoms with Gasteiger partial charge in [0.05, 0.1) is 12.2 Å². The Hall–Kier alpha value is -2.04. The van der Waals surface area contributed by atoms with Crippen LogP contribution in [0.4, 0.5) is 5.69 Å². The molecule has 0 saturated heterocycles. The summed E-state index contributed by atoms with van der Waals surface area (Å²) in [7, 11) is 0. The van der Waals surface area contributed by atoms with E-state index >= 15 is 0 Å². The number of carboxylic acid groups (broad SMARTS) is 1. The van der Waals surface area contributed by atoms with Gasteiger partial charge >= 0.3 is 11.9 Å². The fourth-order valence-electron chi connectivity index (χ4n) is 1.40. The average molecular weight is 237 g/mol. The molecule has 17 heavy (non-hydrogen) atoms. The van der Waals surface area contributed by atoms with Crippen LogP contribution in [0.2, 0.25) is 0 Å². The van der Waals surface area contributed by atoms with Crippen molar-refractivity contribution in [3.8, 4) is 0 Å². The van der Waals surface area contributed by atoms with Gasteiger partial charge in [-0.1, -0.05) is 6.07 Å². The van der Waals surface area contributed by atoms with Crippen molar-refractivity contribution >= 4 is 17.6 Å². The second-order valence-corrected chi connectivity index (χ2v) is 3.54. The van der Waals surface area contributed by atoms with E-state index in [2.05, 4.69) is 0 Å². The summed E-state index contributed by atoms with van der Waals surface area (Å²) in [6, 6.07) is 4.88. The van der Waals surface area contributed by atoms with E-state index in [1.54, 1.807) is 25.1 Å². The summed E-state index contributed by atoms with van der Waals surface area (Å²) in [6.07, 6.45) is 0.383. The zero-order valence-electron chi connectivity index (χ0n) is 9.60. The number of aliphatic carboxylic acids is 1. The molecule has 0 amide bonds. The Kier molecular flexibility index (Phi) is 4.51. The highest BCUT2D eigenvalue weighted by molar-refractivity contribution is 5.95. The van der Waals surface area contributed by atoms with E-state index in [1.807, 2.05) is 0 Å². The lowest BCUT2D eigenvalue weighted by Gasteiger charge is -2.07. The Balaban J connectivity index is 2.86. The topological polar surface area (TPSA) is 89.6 Å². The van der Waals surface area contributed by atoms with Crippen molar-refractivity contribution in [3.63, 3.8) is 0 Å². The molecule has 0 unspecified atom stereocenters. The quantitative estimate of drug-likeness (QED) is 0.597. The fourth-order valence-corrected chi connectivity index (χ4v) is 1.40. The summed E-state index contributed by atoms with van der Waals surface area (Å²) in [5.41, 5.74) is 7.04. The molecule has 5 heteroatoms. The van der Waals surface area contributed by atoms with Crippen LogP contribution in [0.25, 0.3) is 0 Å². The van der Waals surface area contributed by atoms with Gasteiger partial charge in [-0.2, -0.15) is 0 Å². The number of carboxylic acids is 1. The number of rotatable bonds is 5. The molecule has 92 valence electrons. The highest BCUT2D eigenvalue weighted by Gasteiger charge is 2.11. The lowest BCUT2D eigenvalue weighted by atomic mass is 10.0. The van der Waals surface area contributed by atoms with Crippen LogP contribution >= 0.6 is 0 Å². The van der Waals surface area contributed by atoms with Gasteiger partial charge in [-0.3, -0.25) is 4.79 Å². The molecule has 5 nitrogen and oxygen atoms in total. The maximum absolute atomic E-state index is 11.5. The van der Waals surface area contributed by atoms with Gasteiger partial charge in [-0.05, 0) is 31.0 Å². The van der Waals surface area contributed by atoms with Gasteiger partial charge in [-0.25, -0.2) is 4.79 Å². The van der Waals surface area contributed by atoms with E-state index in [-0.39, 0.29) is 18.6 Å². The Morgan fingerprint density at radius 2 is 2.12 bits per heavy atom. The lowest BCUT2D eigenvalue weighted by molar-refractivity contribution is -0.136. The summed E-state index contributed by atoms with van der Waals surface area (Å²) >= 11 is 0. The number of benzene rings is 1. The first-order chi connectivity index (χ1) is 8.04. The molecule has 0 fully saturated rings. The monoisotopic (exact) mass is 237 g/mol. The SMILES string of the molecule is CCOC(=O)c1cc(CCC(=O)O)ccc1N. The number of hydrogen-bond acceptors (Lipinski definition) is 4. The van der Waals surface area contributed by atoms with Gasteiger partial charge in [0.1, 0.15) is 0 Å². The van der Waals surface area contributed by atoms with Crippen LogP contribution in [0.15, 0.2) is 18.2 Å². The van der Waals surface area contributed by atoms with Gasteiger partial charge in [0, 0.05) is 12.1 Å². The molecule has 1 rings (SSSR count). The van der Waals surface area contributed by atoms with Crippen LogP contribution < -0.4 is 5.73 Å². The molecule has 0 spiro atoms. The van der Waals surface area contributed by atoms with Crippen LogP contribution in [0.3, 0.4) is 0 Å². The zero-order chi connectivity index (χ0) is 12.8. The third-order valence-electron chi connectivity index (χ3n) is 2.24. The molecular weight excluding hydrogens is 222 g/mol. The first-order valence-corrected chi connectivity index (χ1v) is 5.32. The third-order valence-corrected chi connectivity index (χ3v) is 2.24. The molecule has 0 saturated carbocycles. The first kappa shape index (κ1) is 13.0. The number of carbonyl (C=O) groups excluding carboxylic acids is 1. The molecule has 0 aromatic heterocycles. The normalized spacial score (nSPS) is 9.94. The number of esters is 1. The van der Waals surface area contributed by atoms with Crippen molar-refractivity contribution in [2.45, 2.75) is 19.8 Å². The molecule has 0 aliphatic carbocycles. The number of hydrogen-bond donors (Lipinski definition) is 2. The highest BCUT2D eigenvalue weighted by Crippen LogP contribution is 2.16. The van der Waals surface area contributed by atoms with Crippen molar-refractivity contribution in [1.29, 1.82) is 0 Å². The molecule has 0 bridgehead atoms. The molecule has 0 aliphatic heterocycles. The fraction of sp³-hybridized carbons (Fsp3) is 0.333. The third kappa shape index (κ3) is 3.79. The number of carbonyl (C=O) groups is 2. The van der Waals surface area contributed by atoms with Crippen molar-refractivity contribution < 1.29 is 19.4 Å². The minimum atomic E-state index is -0.875. The van der Waals surface area contributed by atoms with E-state index in [4.69, 9.17) is 15.6 Å². The van der Waals surface area contributed by atoms with Crippen LogP contribution in [-0.4, -0.2) is 23.7 Å². The van der Waals surface area contributed by atoms with Gasteiger partial charge in [0.25, 0.3) is 0 Å². The Labute approximate surface area is 99.2 Å². The molecule has 3 N–H and O–H groups in total. The first-order valence-electron chi connectivity index (χ1n) is 5.32. The standard InChI is InChI=1S/C12H15NO4/c1-2-17-12(16)9-7-8(3-5-10(9)13)4-6-11(14)15/h3,5,7H,2,4,6,13H2,1H3,(H,14,15). The van der Waals surface area contributed by atoms with Gasteiger partial charge in [0.2, 0.25) is 0 Å². The summed E-state index contributed by atoms with van der Waals surface area (Å²) < 4.78 is 4.85. The van der Waals surface area contributed by atoms with E-state index in [0.717, 1.165) is 5.56 Å². The number of nitrogens with two attached hydrogens (primary N) is 1. The van der Waals surface area contributed by atoms with Gasteiger partial charge in [0.15, 0.2) is 0 Å². The average Bonchev–Trinajstić information content (AvgIpc) is 2.28. The Bertz CT molecular complexity index is 429. The van der Waals surface area contributed by atoms with Gasteiger partial charge in [-0.15, -0.1) is 0 Å². The second kappa shape index (κ2) is 5.89. The van der Waals surface area contributed by atoms with Crippen molar-refractivity contribution in [1.82, 2.24) is 0 Å². The van der Waals surface area contributed by atoms with E-state index in [1.165, 1.54) is 0 Å². The predicted molar refractivity (Wildman–Crippen MR) is 62.8 cm³/mol. The molecule has 0 atom stereocenters. The Morgan fingerprint density at radius 3 is 2.71 bits per heavy atom. The van der Waals surface area contributed by atoms with E-state index < -0.39 is 11.9 Å². The zero-order valence-corrected chi connectivity index (χ0v) is 9.60. The number of ether oxygens (including phenoxy) is 1. The van der Waals surface area contributed by atoms with Crippen molar-refractivity contribution in [3.05, 3.63) is 29.3 Å². The van der Waals surface area contributed by atoms with E-state index in [0.29, 0.717) is 12.1 Å². The predicted octanol–water partition coefficient (Wildman–Crippen LogP) is 1.46. The molecule has 1 aromatic carbocycles. The molecule has 0 heterocycles. The number of nitrogen functional groups attached to an aromatic ring is 1. The summed E-state index contributed by atoms with van der Waals surface area (Å²) in [5, 5.41) is 8.58. The van der Waals surface area contributed by atoms with Crippen LogP contribution in [0.5, 0.6) is 0 Å². The van der Waals surface area contributed by atoms with Crippen molar-refractivity contribution in [2.75, 3.05) is 12.3 Å². The number of anilines is 1. The molecular formula is C12H15NO4. The lowest BCUT2D eigenvalue weighted by Crippen LogP contribution is -2.09. The minimum Gasteiger partial charge on any atom is -0.481 e. The summed E-state index contributed by atoms with van der Waals surface area (Å²) in [6.45, 7) is 1.99. The van der Waals surface area contributed by atoms with Crippen molar-refractivity contribution in [2.24, 2.45) is 0 Å². The maximum atomic E-state index is 11.5. The molecule has 1 aromatic rings. The number of aryl methyl sites for hydroxylation is 1. The Morgan fingerprint density at radius 1 is 1.41 bits per heavy atom. The minimum absolute atomic E-state index is 0.0200. The van der Waals surface area contributed by atoms with Gasteiger partial charge < -0.3 is 15.6 Å². The smallest absolute Gasteiger partial charge is 0.340 e. The molecule has 0 radical (unpaired) electrons. The summed E-state index contributed by atoms with van der Waals surface area (Å²) in [5.74, 6) is -1.36. The van der Waals surface area contributed by atoms with E-state index in [9.17, 15) is 9.59 Å². The second-order valence-electron chi connectivity index (χ2n) is 3.54.